The normalized spacial score (nSPS) is 10.8. The van der Waals surface area contributed by atoms with E-state index in [4.69, 9.17) is 0 Å². The second kappa shape index (κ2) is 6.08. The predicted octanol–water partition coefficient (Wildman–Crippen LogP) is 2.60. The standard InChI is InChI=1S/C17H11FN6O/c18-11-6-7-13(16(9-11)24-10-20-22-23-24)17(25)21-15-5-1-4-14-12(15)3-2-8-19-14/h1-10H,(H,21,25). The Bertz CT molecular complexity index is 1060. The van der Waals surface area contributed by atoms with Crippen molar-refractivity contribution < 1.29 is 9.18 Å². The minimum absolute atomic E-state index is 0.245. The number of amides is 1. The number of anilines is 1. The molecule has 0 fully saturated rings. The molecule has 7 nitrogen and oxygen atoms in total. The van der Waals surface area contributed by atoms with Crippen molar-refractivity contribution in [1.82, 2.24) is 25.2 Å². The highest BCUT2D eigenvalue weighted by atomic mass is 19.1. The zero-order valence-corrected chi connectivity index (χ0v) is 12.8. The number of carbonyl (C=O) groups is 1. The highest BCUT2D eigenvalue weighted by molar-refractivity contribution is 6.10. The summed E-state index contributed by atoms with van der Waals surface area (Å²) in [6, 6.07) is 12.9. The first kappa shape index (κ1) is 14.9. The minimum Gasteiger partial charge on any atom is -0.321 e. The molecule has 4 aromatic rings. The first-order valence-corrected chi connectivity index (χ1v) is 7.40. The van der Waals surface area contributed by atoms with Gasteiger partial charge in [-0.2, -0.15) is 4.68 Å². The molecule has 2 aromatic heterocycles. The lowest BCUT2D eigenvalue weighted by Gasteiger charge is -2.11. The molecule has 4 rings (SSSR count). The SMILES string of the molecule is O=C(Nc1cccc2ncccc12)c1ccc(F)cc1-n1cnnn1. The van der Waals surface area contributed by atoms with Crippen molar-refractivity contribution in [3.63, 3.8) is 0 Å². The van der Waals surface area contributed by atoms with Gasteiger partial charge in [-0.15, -0.1) is 5.10 Å². The number of rotatable bonds is 3. The number of carbonyl (C=O) groups excluding carboxylic acids is 1. The van der Waals surface area contributed by atoms with Crippen molar-refractivity contribution >= 4 is 22.5 Å². The maximum absolute atomic E-state index is 13.6. The van der Waals surface area contributed by atoms with Gasteiger partial charge in [-0.05, 0) is 46.8 Å². The van der Waals surface area contributed by atoms with E-state index in [1.54, 1.807) is 24.4 Å². The van der Waals surface area contributed by atoms with E-state index in [1.807, 2.05) is 12.1 Å². The maximum Gasteiger partial charge on any atom is 0.257 e. The van der Waals surface area contributed by atoms with E-state index >= 15 is 0 Å². The number of tetrazole rings is 1. The van der Waals surface area contributed by atoms with Crippen LogP contribution < -0.4 is 5.32 Å². The lowest BCUT2D eigenvalue weighted by molar-refractivity contribution is 0.102. The quantitative estimate of drug-likeness (QED) is 0.622. The molecule has 0 aliphatic heterocycles. The van der Waals surface area contributed by atoms with Crippen LogP contribution in [0.1, 0.15) is 10.4 Å². The fourth-order valence-corrected chi connectivity index (χ4v) is 2.56. The van der Waals surface area contributed by atoms with Gasteiger partial charge in [0.05, 0.1) is 22.5 Å². The van der Waals surface area contributed by atoms with E-state index in [2.05, 4.69) is 25.8 Å². The Morgan fingerprint density at radius 3 is 2.88 bits per heavy atom. The van der Waals surface area contributed by atoms with Crippen molar-refractivity contribution in [2.24, 2.45) is 0 Å². The first-order valence-electron chi connectivity index (χ1n) is 7.40. The molecule has 8 heteroatoms. The van der Waals surface area contributed by atoms with Gasteiger partial charge in [-0.1, -0.05) is 6.07 Å². The Kier molecular flexibility index (Phi) is 3.62. The van der Waals surface area contributed by atoms with Crippen LogP contribution in [-0.4, -0.2) is 31.1 Å². The fraction of sp³-hybridized carbons (Fsp3) is 0. The smallest absolute Gasteiger partial charge is 0.257 e. The van der Waals surface area contributed by atoms with Gasteiger partial charge in [-0.25, -0.2) is 4.39 Å². The molecule has 2 aromatic carbocycles. The Morgan fingerprint density at radius 2 is 2.04 bits per heavy atom. The van der Waals surface area contributed by atoms with Crippen LogP contribution in [0.2, 0.25) is 0 Å². The molecule has 122 valence electrons. The van der Waals surface area contributed by atoms with Gasteiger partial charge in [0.2, 0.25) is 0 Å². The number of nitrogens with zero attached hydrogens (tertiary/aromatic N) is 5. The van der Waals surface area contributed by atoms with Crippen molar-refractivity contribution in [3.8, 4) is 5.69 Å². The van der Waals surface area contributed by atoms with Gasteiger partial charge >= 0.3 is 0 Å². The van der Waals surface area contributed by atoms with Crippen LogP contribution in [0.5, 0.6) is 0 Å². The number of pyridine rings is 1. The molecule has 0 saturated carbocycles. The molecular formula is C17H11FN6O. The summed E-state index contributed by atoms with van der Waals surface area (Å²) in [4.78, 5) is 17.0. The van der Waals surface area contributed by atoms with Gasteiger partial charge in [0, 0.05) is 17.6 Å². The lowest BCUT2D eigenvalue weighted by atomic mass is 10.1. The number of halogens is 1. The predicted molar refractivity (Wildman–Crippen MR) is 88.8 cm³/mol. The summed E-state index contributed by atoms with van der Waals surface area (Å²) in [6.07, 6.45) is 2.98. The van der Waals surface area contributed by atoms with E-state index in [0.29, 0.717) is 5.69 Å². The van der Waals surface area contributed by atoms with Crippen molar-refractivity contribution in [2.75, 3.05) is 5.32 Å². The van der Waals surface area contributed by atoms with Gasteiger partial charge in [-0.3, -0.25) is 9.78 Å². The van der Waals surface area contributed by atoms with Gasteiger partial charge in [0.15, 0.2) is 0 Å². The Morgan fingerprint density at radius 1 is 1.12 bits per heavy atom. The summed E-state index contributed by atoms with van der Waals surface area (Å²) in [6.45, 7) is 0. The second-order valence-electron chi connectivity index (χ2n) is 5.25. The van der Waals surface area contributed by atoms with E-state index in [-0.39, 0.29) is 11.3 Å². The summed E-state index contributed by atoms with van der Waals surface area (Å²) in [5.74, 6) is -0.890. The molecule has 0 atom stereocenters. The van der Waals surface area contributed by atoms with Crippen LogP contribution in [0.15, 0.2) is 61.1 Å². The molecule has 0 spiro atoms. The maximum atomic E-state index is 13.6. The van der Waals surface area contributed by atoms with Gasteiger partial charge in [0.25, 0.3) is 5.91 Å². The summed E-state index contributed by atoms with van der Waals surface area (Å²) in [5, 5.41) is 14.4. The number of hydrogen-bond acceptors (Lipinski definition) is 5. The molecule has 25 heavy (non-hydrogen) atoms. The van der Waals surface area contributed by atoms with Crippen LogP contribution >= 0.6 is 0 Å². The monoisotopic (exact) mass is 334 g/mol. The molecule has 2 heterocycles. The van der Waals surface area contributed by atoms with E-state index in [1.165, 1.54) is 29.2 Å². The highest BCUT2D eigenvalue weighted by Gasteiger charge is 2.16. The van der Waals surface area contributed by atoms with Crippen molar-refractivity contribution in [2.45, 2.75) is 0 Å². The molecule has 0 unspecified atom stereocenters. The molecule has 0 bridgehead atoms. The van der Waals surface area contributed by atoms with E-state index < -0.39 is 11.7 Å². The first-order chi connectivity index (χ1) is 12.2. The molecule has 0 aliphatic rings. The third-order valence-corrected chi connectivity index (χ3v) is 3.69. The van der Waals surface area contributed by atoms with Crippen molar-refractivity contribution in [3.05, 3.63) is 72.4 Å². The molecule has 0 aliphatic carbocycles. The summed E-state index contributed by atoms with van der Waals surface area (Å²) >= 11 is 0. The van der Waals surface area contributed by atoms with Crippen LogP contribution in [0.4, 0.5) is 10.1 Å². The molecule has 0 saturated heterocycles. The van der Waals surface area contributed by atoms with Crippen LogP contribution in [-0.2, 0) is 0 Å². The molecular weight excluding hydrogens is 323 g/mol. The Balaban J connectivity index is 1.75. The third-order valence-electron chi connectivity index (χ3n) is 3.69. The van der Waals surface area contributed by atoms with Gasteiger partial charge < -0.3 is 5.32 Å². The van der Waals surface area contributed by atoms with Crippen LogP contribution in [0.25, 0.3) is 16.6 Å². The summed E-state index contributed by atoms with van der Waals surface area (Å²) in [5.41, 5.74) is 1.87. The second-order valence-corrected chi connectivity index (χ2v) is 5.25. The zero-order valence-electron chi connectivity index (χ0n) is 12.8. The number of hydrogen-bond donors (Lipinski definition) is 1. The fourth-order valence-electron chi connectivity index (χ4n) is 2.56. The van der Waals surface area contributed by atoms with Crippen LogP contribution in [0, 0.1) is 5.82 Å². The highest BCUT2D eigenvalue weighted by Crippen LogP contribution is 2.23. The number of aromatic nitrogens is 5. The topological polar surface area (TPSA) is 85.6 Å². The average Bonchev–Trinajstić information content (AvgIpc) is 3.16. The molecule has 1 N–H and O–H groups in total. The van der Waals surface area contributed by atoms with E-state index in [0.717, 1.165) is 10.9 Å². The largest absolute Gasteiger partial charge is 0.321 e. The Labute approximate surface area is 141 Å². The van der Waals surface area contributed by atoms with E-state index in [9.17, 15) is 9.18 Å². The van der Waals surface area contributed by atoms with Crippen molar-refractivity contribution in [1.29, 1.82) is 0 Å². The third kappa shape index (κ3) is 2.80. The number of fused-ring (bicyclic) bond motifs is 1. The Hall–Kier alpha value is -3.68. The minimum atomic E-state index is -0.489. The number of nitrogens with one attached hydrogen (secondary N) is 1. The molecule has 0 radical (unpaired) electrons. The average molecular weight is 334 g/mol. The molecule has 1 amide bonds. The zero-order chi connectivity index (χ0) is 17.2. The lowest BCUT2D eigenvalue weighted by Crippen LogP contribution is -2.16. The van der Waals surface area contributed by atoms with Gasteiger partial charge in [0.1, 0.15) is 12.1 Å². The van der Waals surface area contributed by atoms with Crippen LogP contribution in [0.3, 0.4) is 0 Å². The summed E-state index contributed by atoms with van der Waals surface area (Å²) < 4.78 is 14.9. The number of benzene rings is 2. The summed E-state index contributed by atoms with van der Waals surface area (Å²) in [7, 11) is 0.